The van der Waals surface area contributed by atoms with E-state index in [-0.39, 0.29) is 0 Å². The second-order valence-corrected chi connectivity index (χ2v) is 5.52. The van der Waals surface area contributed by atoms with Gasteiger partial charge in [0.1, 0.15) is 5.75 Å². The highest BCUT2D eigenvalue weighted by molar-refractivity contribution is 5.37. The van der Waals surface area contributed by atoms with Crippen LogP contribution in [0.1, 0.15) is 37.2 Å². The Kier molecular flexibility index (Phi) is 4.36. The molecule has 1 fully saturated rings. The zero-order valence-corrected chi connectivity index (χ0v) is 11.4. The van der Waals surface area contributed by atoms with Crippen molar-refractivity contribution in [2.75, 3.05) is 26.3 Å². The third kappa shape index (κ3) is 3.28. The molecule has 2 heterocycles. The zero-order chi connectivity index (χ0) is 12.9. The highest BCUT2D eigenvalue weighted by Gasteiger charge is 2.21. The molecular formula is C16H23NO2. The van der Waals surface area contributed by atoms with Gasteiger partial charge in [-0.1, -0.05) is 18.2 Å². The van der Waals surface area contributed by atoms with Gasteiger partial charge >= 0.3 is 0 Å². The van der Waals surface area contributed by atoms with Crippen molar-refractivity contribution >= 4 is 0 Å². The maximum atomic E-state index is 5.75. The first-order valence-electron chi connectivity index (χ1n) is 7.47. The van der Waals surface area contributed by atoms with Crippen molar-refractivity contribution in [3.63, 3.8) is 0 Å². The highest BCUT2D eigenvalue weighted by atomic mass is 16.5. The summed E-state index contributed by atoms with van der Waals surface area (Å²) in [5, 5.41) is 3.59. The van der Waals surface area contributed by atoms with E-state index in [0.717, 1.165) is 38.5 Å². The second kappa shape index (κ2) is 6.40. The summed E-state index contributed by atoms with van der Waals surface area (Å²) in [6.07, 6.45) is 5.27. The summed E-state index contributed by atoms with van der Waals surface area (Å²) >= 11 is 0. The summed E-state index contributed by atoms with van der Waals surface area (Å²) in [6.45, 7) is 3.79. The smallest absolute Gasteiger partial charge is 0.122 e. The molecule has 104 valence electrons. The number of benzene rings is 1. The third-order valence-electron chi connectivity index (χ3n) is 4.12. The lowest BCUT2D eigenvalue weighted by molar-refractivity contribution is 0.0167. The average molecular weight is 261 g/mol. The van der Waals surface area contributed by atoms with Crippen LogP contribution in [0.4, 0.5) is 0 Å². The molecule has 2 aliphatic rings. The molecule has 0 aromatic heterocycles. The van der Waals surface area contributed by atoms with Gasteiger partial charge in [0.25, 0.3) is 0 Å². The molecule has 0 amide bonds. The summed E-state index contributed by atoms with van der Waals surface area (Å²) in [5.41, 5.74) is 1.35. The molecule has 2 atom stereocenters. The predicted molar refractivity (Wildman–Crippen MR) is 75.8 cm³/mol. The molecule has 3 nitrogen and oxygen atoms in total. The van der Waals surface area contributed by atoms with E-state index in [1.165, 1.54) is 24.8 Å². The molecule has 0 spiro atoms. The molecule has 0 bridgehead atoms. The maximum Gasteiger partial charge on any atom is 0.122 e. The van der Waals surface area contributed by atoms with E-state index < -0.39 is 0 Å². The number of hydrogen-bond donors (Lipinski definition) is 1. The number of ether oxygens (including phenoxy) is 2. The van der Waals surface area contributed by atoms with E-state index >= 15 is 0 Å². The molecule has 3 rings (SSSR count). The van der Waals surface area contributed by atoms with E-state index in [9.17, 15) is 0 Å². The normalized spacial score (nSPS) is 26.5. The van der Waals surface area contributed by atoms with Crippen LogP contribution in [0.2, 0.25) is 0 Å². The van der Waals surface area contributed by atoms with Gasteiger partial charge in [0.05, 0.1) is 12.7 Å². The molecule has 0 saturated carbocycles. The van der Waals surface area contributed by atoms with Crippen LogP contribution in [0.25, 0.3) is 0 Å². The van der Waals surface area contributed by atoms with Crippen LogP contribution in [0.5, 0.6) is 5.75 Å². The van der Waals surface area contributed by atoms with Crippen LogP contribution in [-0.4, -0.2) is 32.4 Å². The summed E-state index contributed by atoms with van der Waals surface area (Å²) in [5.74, 6) is 1.64. The van der Waals surface area contributed by atoms with Gasteiger partial charge in [-0.3, -0.25) is 0 Å². The average Bonchev–Trinajstić information content (AvgIpc) is 2.49. The van der Waals surface area contributed by atoms with Crippen LogP contribution in [0.15, 0.2) is 24.3 Å². The van der Waals surface area contributed by atoms with Crippen molar-refractivity contribution in [2.45, 2.75) is 37.7 Å². The minimum atomic E-state index is 0.420. The van der Waals surface area contributed by atoms with Gasteiger partial charge < -0.3 is 14.8 Å². The summed E-state index contributed by atoms with van der Waals surface area (Å²) < 4.78 is 11.4. The first-order chi connectivity index (χ1) is 9.43. The molecular weight excluding hydrogens is 238 g/mol. The Bertz CT molecular complexity index is 401. The largest absolute Gasteiger partial charge is 0.493 e. The Balaban J connectivity index is 1.50. The molecule has 2 unspecified atom stereocenters. The summed E-state index contributed by atoms with van der Waals surface area (Å²) in [7, 11) is 0. The zero-order valence-electron chi connectivity index (χ0n) is 11.4. The van der Waals surface area contributed by atoms with Gasteiger partial charge in [-0.2, -0.15) is 0 Å². The topological polar surface area (TPSA) is 30.5 Å². The molecule has 1 aromatic rings. The predicted octanol–water partition coefficient (Wildman–Crippen LogP) is 2.71. The molecule has 1 saturated heterocycles. The minimum Gasteiger partial charge on any atom is -0.493 e. The first-order valence-corrected chi connectivity index (χ1v) is 7.47. The Morgan fingerprint density at radius 1 is 1.05 bits per heavy atom. The van der Waals surface area contributed by atoms with E-state index in [2.05, 4.69) is 23.5 Å². The van der Waals surface area contributed by atoms with Crippen molar-refractivity contribution in [1.29, 1.82) is 0 Å². The molecule has 19 heavy (non-hydrogen) atoms. The summed E-state index contributed by atoms with van der Waals surface area (Å²) in [6, 6.07) is 8.42. The SMILES string of the molecule is c1ccc2c(c1)OCCC2CNCC1CCCCO1. The fourth-order valence-corrected chi connectivity index (χ4v) is 3.01. The molecule has 3 heteroatoms. The quantitative estimate of drug-likeness (QED) is 0.904. The van der Waals surface area contributed by atoms with Crippen molar-refractivity contribution in [1.82, 2.24) is 5.32 Å². The van der Waals surface area contributed by atoms with E-state index in [1.807, 2.05) is 6.07 Å². The first kappa shape index (κ1) is 12.9. The van der Waals surface area contributed by atoms with Crippen LogP contribution >= 0.6 is 0 Å². The van der Waals surface area contributed by atoms with Crippen molar-refractivity contribution in [2.24, 2.45) is 0 Å². The Labute approximate surface area is 115 Å². The van der Waals surface area contributed by atoms with Gasteiger partial charge in [-0.25, -0.2) is 0 Å². The van der Waals surface area contributed by atoms with Crippen molar-refractivity contribution in [3.8, 4) is 5.75 Å². The number of fused-ring (bicyclic) bond motifs is 1. The minimum absolute atomic E-state index is 0.420. The van der Waals surface area contributed by atoms with Crippen LogP contribution < -0.4 is 10.1 Å². The Hall–Kier alpha value is -1.06. The Morgan fingerprint density at radius 3 is 2.89 bits per heavy atom. The lowest BCUT2D eigenvalue weighted by Crippen LogP contribution is -2.35. The lowest BCUT2D eigenvalue weighted by Gasteiger charge is -2.28. The van der Waals surface area contributed by atoms with Crippen LogP contribution in [0, 0.1) is 0 Å². The monoisotopic (exact) mass is 261 g/mol. The standard InChI is InChI=1S/C16H23NO2/c1-2-7-16-15(6-1)13(8-10-19-16)11-17-12-14-5-3-4-9-18-14/h1-2,6-7,13-14,17H,3-5,8-12H2. The molecule has 1 N–H and O–H groups in total. The van der Waals surface area contributed by atoms with Gasteiger partial charge in [-0.15, -0.1) is 0 Å². The highest BCUT2D eigenvalue weighted by Crippen LogP contribution is 2.32. The second-order valence-electron chi connectivity index (χ2n) is 5.52. The van der Waals surface area contributed by atoms with Gasteiger partial charge in [0, 0.05) is 25.6 Å². The van der Waals surface area contributed by atoms with E-state index in [1.54, 1.807) is 0 Å². The number of rotatable bonds is 4. The maximum absolute atomic E-state index is 5.75. The fourth-order valence-electron chi connectivity index (χ4n) is 3.01. The summed E-state index contributed by atoms with van der Waals surface area (Å²) in [4.78, 5) is 0. The molecule has 0 radical (unpaired) electrons. The van der Waals surface area contributed by atoms with Crippen LogP contribution in [-0.2, 0) is 4.74 Å². The van der Waals surface area contributed by atoms with E-state index in [0.29, 0.717) is 12.0 Å². The van der Waals surface area contributed by atoms with Gasteiger partial charge in [-0.05, 0) is 37.3 Å². The third-order valence-corrected chi connectivity index (χ3v) is 4.12. The van der Waals surface area contributed by atoms with Gasteiger partial charge in [0.15, 0.2) is 0 Å². The molecule has 1 aromatic carbocycles. The van der Waals surface area contributed by atoms with Crippen LogP contribution in [0.3, 0.4) is 0 Å². The molecule has 2 aliphatic heterocycles. The number of nitrogens with one attached hydrogen (secondary N) is 1. The lowest BCUT2D eigenvalue weighted by atomic mass is 9.93. The van der Waals surface area contributed by atoms with E-state index in [4.69, 9.17) is 9.47 Å². The Morgan fingerprint density at radius 2 is 2.00 bits per heavy atom. The molecule has 0 aliphatic carbocycles. The van der Waals surface area contributed by atoms with Crippen molar-refractivity contribution in [3.05, 3.63) is 29.8 Å². The van der Waals surface area contributed by atoms with Gasteiger partial charge in [0.2, 0.25) is 0 Å². The number of hydrogen-bond acceptors (Lipinski definition) is 3. The fraction of sp³-hybridized carbons (Fsp3) is 0.625. The number of para-hydroxylation sites is 1. The van der Waals surface area contributed by atoms with Crippen molar-refractivity contribution < 1.29 is 9.47 Å².